The summed E-state index contributed by atoms with van der Waals surface area (Å²) in [6.45, 7) is 11.2. The van der Waals surface area contributed by atoms with E-state index in [1.165, 1.54) is 73.6 Å². The van der Waals surface area contributed by atoms with Crippen molar-refractivity contribution in [3.05, 3.63) is 11.6 Å². The van der Waals surface area contributed by atoms with Gasteiger partial charge in [-0.3, -0.25) is 28.8 Å². The summed E-state index contributed by atoms with van der Waals surface area (Å²) in [5, 5.41) is 0. The summed E-state index contributed by atoms with van der Waals surface area (Å²) in [5.74, 6) is -3.69. The molecule has 416 valence electrons. The SMILES string of the molecule is CCCCCC[C@@H](CCC[C@H](OC(C)=O)[C@H]1CC[C@H]([C@H]2CC[C@H]([C@H](CCCCCCCCCCCCC3=C[C@H](C)OC3=O)OC(C)=O)O2)O1)O[C@@H]1O[C@H](COC(C)=O)[C@@H](OC(C)=O)[C@H](OC(C)=O)[C@H]1OC(C)=O. The van der Waals surface area contributed by atoms with Gasteiger partial charge in [-0.1, -0.05) is 84.0 Å². The van der Waals surface area contributed by atoms with Gasteiger partial charge in [0, 0.05) is 47.1 Å². The van der Waals surface area contributed by atoms with Gasteiger partial charge >= 0.3 is 41.8 Å². The zero-order valence-electron chi connectivity index (χ0n) is 45.1. The van der Waals surface area contributed by atoms with Crippen LogP contribution in [0.1, 0.15) is 209 Å². The number of ether oxygens (including phenoxy) is 11. The van der Waals surface area contributed by atoms with Crippen LogP contribution >= 0.6 is 0 Å². The summed E-state index contributed by atoms with van der Waals surface area (Å²) in [5.41, 5.74) is 0.823. The number of hydrogen-bond acceptors (Lipinski definition) is 18. The first-order valence-electron chi connectivity index (χ1n) is 27.5. The third-order valence-electron chi connectivity index (χ3n) is 13.9. The van der Waals surface area contributed by atoms with Crippen LogP contribution in [0.25, 0.3) is 0 Å². The molecule has 0 bridgehead atoms. The zero-order valence-corrected chi connectivity index (χ0v) is 45.1. The van der Waals surface area contributed by atoms with Crippen LogP contribution in [0.15, 0.2) is 11.6 Å². The largest absolute Gasteiger partial charge is 0.463 e. The Morgan fingerprint density at radius 1 is 0.548 bits per heavy atom. The lowest BCUT2D eigenvalue weighted by atomic mass is 9.97. The van der Waals surface area contributed by atoms with Crippen molar-refractivity contribution in [1.29, 1.82) is 0 Å². The van der Waals surface area contributed by atoms with E-state index in [0.29, 0.717) is 32.1 Å². The fraction of sp³-hybridized carbons (Fsp3) is 0.836. The third-order valence-corrected chi connectivity index (χ3v) is 13.9. The smallest absolute Gasteiger partial charge is 0.334 e. The molecule has 3 fully saturated rings. The number of carbonyl (C=O) groups is 7. The molecule has 18 heteroatoms. The first-order chi connectivity index (χ1) is 34.9. The molecule has 0 aromatic rings. The molecule has 4 rings (SSSR count). The summed E-state index contributed by atoms with van der Waals surface area (Å²) in [4.78, 5) is 85.6. The van der Waals surface area contributed by atoms with Gasteiger partial charge in [0.15, 0.2) is 24.6 Å². The molecule has 73 heavy (non-hydrogen) atoms. The molecule has 0 aromatic heterocycles. The van der Waals surface area contributed by atoms with Crippen LogP contribution in [-0.2, 0) is 85.7 Å². The number of rotatable bonds is 34. The van der Waals surface area contributed by atoms with Gasteiger partial charge < -0.3 is 52.1 Å². The molecule has 0 radical (unpaired) electrons. The van der Waals surface area contributed by atoms with Crippen LogP contribution < -0.4 is 0 Å². The maximum Gasteiger partial charge on any atom is 0.334 e. The lowest BCUT2D eigenvalue weighted by Crippen LogP contribution is -2.63. The first kappa shape index (κ1) is 61.4. The van der Waals surface area contributed by atoms with Crippen molar-refractivity contribution in [3.8, 4) is 0 Å². The number of cyclic esters (lactones) is 1. The Balaban J connectivity index is 1.29. The molecular weight excluding hydrogens is 949 g/mol. The molecule has 4 aliphatic rings. The highest BCUT2D eigenvalue weighted by Gasteiger charge is 2.53. The van der Waals surface area contributed by atoms with Gasteiger partial charge in [0.05, 0.1) is 30.5 Å². The van der Waals surface area contributed by atoms with Crippen LogP contribution in [0.2, 0.25) is 0 Å². The van der Waals surface area contributed by atoms with Crippen molar-refractivity contribution in [1.82, 2.24) is 0 Å². The Morgan fingerprint density at radius 2 is 1.03 bits per heavy atom. The molecule has 4 heterocycles. The summed E-state index contributed by atoms with van der Waals surface area (Å²) < 4.78 is 65.1. The predicted octanol–water partition coefficient (Wildman–Crippen LogP) is 9.11. The van der Waals surface area contributed by atoms with E-state index in [-0.39, 0.29) is 55.2 Å². The minimum absolute atomic E-state index is 0.0984. The van der Waals surface area contributed by atoms with Gasteiger partial charge in [0.1, 0.15) is 31.0 Å². The minimum atomic E-state index is -1.35. The molecule has 0 aromatic carbocycles. The monoisotopic (exact) mass is 1040 g/mol. The molecule has 13 atom stereocenters. The molecule has 0 saturated carbocycles. The second-order valence-corrected chi connectivity index (χ2v) is 20.4. The maximum atomic E-state index is 12.5. The van der Waals surface area contributed by atoms with Crippen LogP contribution in [0, 0.1) is 0 Å². The molecular formula is C55H88O18. The number of unbranched alkanes of at least 4 members (excludes halogenated alkanes) is 12. The van der Waals surface area contributed by atoms with E-state index in [2.05, 4.69) is 6.92 Å². The Hall–Kier alpha value is -4.13. The summed E-state index contributed by atoms with van der Waals surface area (Å²) in [6, 6.07) is 0. The Kier molecular flexibility index (Phi) is 27.8. The number of carbonyl (C=O) groups excluding carboxylic acids is 7. The van der Waals surface area contributed by atoms with E-state index in [9.17, 15) is 33.6 Å². The average Bonchev–Trinajstić information content (AvgIpc) is 4.08. The molecule has 0 aliphatic carbocycles. The van der Waals surface area contributed by atoms with Crippen molar-refractivity contribution in [2.24, 2.45) is 0 Å². The van der Waals surface area contributed by atoms with Gasteiger partial charge in [-0.05, 0) is 90.0 Å². The van der Waals surface area contributed by atoms with Crippen LogP contribution in [0.5, 0.6) is 0 Å². The molecule has 3 saturated heterocycles. The van der Waals surface area contributed by atoms with Gasteiger partial charge in [-0.2, -0.15) is 0 Å². The molecule has 0 amide bonds. The lowest BCUT2D eigenvalue weighted by Gasteiger charge is -2.45. The van der Waals surface area contributed by atoms with E-state index in [4.69, 9.17) is 52.1 Å². The second-order valence-electron chi connectivity index (χ2n) is 20.4. The fourth-order valence-corrected chi connectivity index (χ4v) is 10.5. The van der Waals surface area contributed by atoms with Crippen molar-refractivity contribution in [2.75, 3.05) is 6.61 Å². The Labute approximate surface area is 433 Å². The highest BCUT2D eigenvalue weighted by Crippen LogP contribution is 2.37. The molecule has 0 N–H and O–H groups in total. The van der Waals surface area contributed by atoms with Crippen molar-refractivity contribution in [2.45, 2.75) is 289 Å². The van der Waals surface area contributed by atoms with E-state index in [1.54, 1.807) is 0 Å². The van der Waals surface area contributed by atoms with Gasteiger partial charge in [0.2, 0.25) is 0 Å². The van der Waals surface area contributed by atoms with Gasteiger partial charge in [-0.25, -0.2) is 4.79 Å². The number of hydrogen-bond donors (Lipinski definition) is 0. The minimum Gasteiger partial charge on any atom is -0.463 e. The normalized spacial score (nSPS) is 27.0. The standard InChI is InChI=1S/C55H88O18/c1-9-10-11-21-25-43(70-55-53(69-41(8)61)52(68-40(7)60)51(67-39(6)59)50(73-55)34-63-36(3)56)26-23-28-45(66-38(5)58)47-30-32-49(72-47)48-31-29-46(71-48)44(65-37(4)57)27-22-19-17-15-13-12-14-16-18-20-24-42-33-35(2)64-54(42)62/h33,35,43-53,55H,9-32,34H2,1-8H3/t35-,43-,44-,45-,46+,47+,48+,49+,50+,51+,52-,53+,55+/m0/s1. The average molecular weight is 1040 g/mol. The summed E-state index contributed by atoms with van der Waals surface area (Å²) in [6.07, 6.45) is 14.6. The highest BCUT2D eigenvalue weighted by atomic mass is 16.7. The van der Waals surface area contributed by atoms with Gasteiger partial charge in [0.25, 0.3) is 0 Å². The molecule has 18 nitrogen and oxygen atoms in total. The van der Waals surface area contributed by atoms with E-state index >= 15 is 0 Å². The van der Waals surface area contributed by atoms with Crippen molar-refractivity contribution in [3.63, 3.8) is 0 Å². The first-order valence-corrected chi connectivity index (χ1v) is 27.5. The van der Waals surface area contributed by atoms with Gasteiger partial charge in [-0.15, -0.1) is 0 Å². The third kappa shape index (κ3) is 22.7. The molecule has 0 unspecified atom stereocenters. The van der Waals surface area contributed by atoms with Crippen LogP contribution in [0.4, 0.5) is 0 Å². The van der Waals surface area contributed by atoms with Crippen LogP contribution in [-0.4, -0.2) is 128 Å². The Morgan fingerprint density at radius 3 is 1.53 bits per heavy atom. The predicted molar refractivity (Wildman–Crippen MR) is 265 cm³/mol. The second kappa shape index (κ2) is 33.0. The van der Waals surface area contributed by atoms with E-state index < -0.39 is 72.8 Å². The lowest BCUT2D eigenvalue weighted by molar-refractivity contribution is -0.317. The zero-order chi connectivity index (χ0) is 53.3. The topological polar surface area (TPSA) is 221 Å². The van der Waals surface area contributed by atoms with E-state index in [1.807, 2.05) is 13.0 Å². The maximum absolute atomic E-state index is 12.5. The summed E-state index contributed by atoms with van der Waals surface area (Å²) in [7, 11) is 0. The molecule has 4 aliphatic heterocycles. The number of esters is 7. The Bertz CT molecular complexity index is 1770. The fourth-order valence-electron chi connectivity index (χ4n) is 10.5. The van der Waals surface area contributed by atoms with Crippen LogP contribution in [0.3, 0.4) is 0 Å². The quantitative estimate of drug-likeness (QED) is 0.0333. The van der Waals surface area contributed by atoms with Crippen molar-refractivity contribution >= 4 is 41.8 Å². The highest BCUT2D eigenvalue weighted by molar-refractivity contribution is 5.90. The summed E-state index contributed by atoms with van der Waals surface area (Å²) >= 11 is 0. The van der Waals surface area contributed by atoms with E-state index in [0.717, 1.165) is 95.5 Å². The van der Waals surface area contributed by atoms with Crippen molar-refractivity contribution < 1.29 is 85.7 Å². The molecule has 0 spiro atoms.